The minimum atomic E-state index is 0.125. The first-order valence-corrected chi connectivity index (χ1v) is 11.7. The van der Waals surface area contributed by atoms with E-state index >= 15 is 0 Å². The lowest BCUT2D eigenvalue weighted by atomic mass is 9.95. The average molecular weight is 447 g/mol. The van der Waals surface area contributed by atoms with E-state index in [9.17, 15) is 4.79 Å². The van der Waals surface area contributed by atoms with Crippen molar-refractivity contribution in [2.45, 2.75) is 52.0 Å². The first-order valence-electron chi connectivity index (χ1n) is 10.9. The number of amides is 1. The van der Waals surface area contributed by atoms with Crippen molar-refractivity contribution in [1.29, 1.82) is 0 Å². The number of carbonyl (C=O) groups is 1. The Morgan fingerprint density at radius 3 is 2.33 bits per heavy atom. The van der Waals surface area contributed by atoms with Crippen LogP contribution in [0.2, 0.25) is 10.0 Å². The summed E-state index contributed by atoms with van der Waals surface area (Å²) in [4.78, 5) is 14.9. The van der Waals surface area contributed by atoms with Crippen LogP contribution in [0.25, 0.3) is 0 Å². The van der Waals surface area contributed by atoms with E-state index < -0.39 is 0 Å². The number of rotatable bonds is 8. The maximum absolute atomic E-state index is 12.5. The van der Waals surface area contributed by atoms with Crippen molar-refractivity contribution in [3.05, 3.63) is 69.2 Å². The number of hydrogen-bond donors (Lipinski definition) is 1. The SMILES string of the molecule is CC(C)c1ccc(CCCNC(=O)C2CCN(Cc3ccc(Cl)c(Cl)c3)CC2)cc1. The molecule has 0 aromatic heterocycles. The first-order chi connectivity index (χ1) is 14.4. The Morgan fingerprint density at radius 2 is 1.70 bits per heavy atom. The fraction of sp³-hybridized carbons (Fsp3) is 0.480. The molecule has 0 bridgehead atoms. The van der Waals surface area contributed by atoms with Gasteiger partial charge in [0.25, 0.3) is 0 Å². The fourth-order valence-corrected chi connectivity index (χ4v) is 4.29. The summed E-state index contributed by atoms with van der Waals surface area (Å²) in [6.45, 7) is 7.88. The van der Waals surface area contributed by atoms with Crippen molar-refractivity contribution >= 4 is 29.1 Å². The van der Waals surface area contributed by atoms with Gasteiger partial charge in [0.1, 0.15) is 0 Å². The molecular weight excluding hydrogens is 415 g/mol. The van der Waals surface area contributed by atoms with Gasteiger partial charge < -0.3 is 5.32 Å². The Balaban J connectivity index is 1.34. The zero-order chi connectivity index (χ0) is 21.5. The predicted molar refractivity (Wildman–Crippen MR) is 126 cm³/mol. The van der Waals surface area contributed by atoms with E-state index in [2.05, 4.69) is 48.3 Å². The molecule has 5 heteroatoms. The van der Waals surface area contributed by atoms with Crippen LogP contribution in [0.4, 0.5) is 0 Å². The Kier molecular flexibility index (Phi) is 8.61. The van der Waals surface area contributed by atoms with Gasteiger partial charge in [0.2, 0.25) is 5.91 Å². The maximum atomic E-state index is 12.5. The molecule has 0 spiro atoms. The minimum Gasteiger partial charge on any atom is -0.356 e. The van der Waals surface area contributed by atoms with E-state index in [0.717, 1.165) is 57.4 Å². The van der Waals surface area contributed by atoms with Crippen molar-refractivity contribution < 1.29 is 4.79 Å². The van der Waals surface area contributed by atoms with Gasteiger partial charge in [-0.3, -0.25) is 9.69 Å². The molecule has 0 aliphatic carbocycles. The summed E-state index contributed by atoms with van der Waals surface area (Å²) in [6.07, 6.45) is 3.79. The van der Waals surface area contributed by atoms with Gasteiger partial charge in [0, 0.05) is 19.0 Å². The van der Waals surface area contributed by atoms with Crippen molar-refractivity contribution in [2.24, 2.45) is 5.92 Å². The monoisotopic (exact) mass is 446 g/mol. The lowest BCUT2D eigenvalue weighted by Crippen LogP contribution is -2.40. The third-order valence-electron chi connectivity index (χ3n) is 5.94. The van der Waals surface area contributed by atoms with Crippen LogP contribution in [0.1, 0.15) is 55.7 Å². The van der Waals surface area contributed by atoms with Gasteiger partial charge in [-0.05, 0) is 73.5 Å². The maximum Gasteiger partial charge on any atom is 0.223 e. The van der Waals surface area contributed by atoms with Crippen LogP contribution in [0.3, 0.4) is 0 Å². The molecule has 1 heterocycles. The Bertz CT molecular complexity index is 828. The zero-order valence-electron chi connectivity index (χ0n) is 18.0. The molecule has 30 heavy (non-hydrogen) atoms. The molecule has 3 nitrogen and oxygen atoms in total. The molecule has 0 radical (unpaired) electrons. The van der Waals surface area contributed by atoms with Gasteiger partial charge in [0.15, 0.2) is 0 Å². The molecule has 1 fully saturated rings. The molecule has 0 atom stereocenters. The smallest absolute Gasteiger partial charge is 0.223 e. The highest BCUT2D eigenvalue weighted by atomic mass is 35.5. The van der Waals surface area contributed by atoms with Crippen molar-refractivity contribution in [1.82, 2.24) is 10.2 Å². The molecule has 1 aliphatic heterocycles. The molecule has 0 saturated carbocycles. The lowest BCUT2D eigenvalue weighted by Gasteiger charge is -2.31. The number of nitrogens with one attached hydrogen (secondary N) is 1. The second kappa shape index (κ2) is 11.2. The second-order valence-corrected chi connectivity index (χ2v) is 9.40. The van der Waals surface area contributed by atoms with Gasteiger partial charge in [-0.2, -0.15) is 0 Å². The van der Waals surface area contributed by atoms with Gasteiger partial charge in [-0.1, -0.05) is 67.4 Å². The number of nitrogens with zero attached hydrogens (tertiary/aromatic N) is 1. The second-order valence-electron chi connectivity index (χ2n) is 8.59. The number of hydrogen-bond acceptors (Lipinski definition) is 2. The minimum absolute atomic E-state index is 0.125. The largest absolute Gasteiger partial charge is 0.356 e. The van der Waals surface area contributed by atoms with Crippen LogP contribution in [-0.4, -0.2) is 30.4 Å². The summed E-state index contributed by atoms with van der Waals surface area (Å²) in [6, 6.07) is 14.6. The molecule has 162 valence electrons. The lowest BCUT2D eigenvalue weighted by molar-refractivity contribution is -0.126. The summed E-state index contributed by atoms with van der Waals surface area (Å²) < 4.78 is 0. The number of carbonyl (C=O) groups excluding carboxylic acids is 1. The third kappa shape index (κ3) is 6.73. The highest BCUT2D eigenvalue weighted by molar-refractivity contribution is 6.42. The molecule has 2 aromatic carbocycles. The number of benzene rings is 2. The zero-order valence-corrected chi connectivity index (χ0v) is 19.5. The summed E-state index contributed by atoms with van der Waals surface area (Å²) in [5.74, 6) is 0.897. The highest BCUT2D eigenvalue weighted by Gasteiger charge is 2.24. The van der Waals surface area contributed by atoms with E-state index in [4.69, 9.17) is 23.2 Å². The van der Waals surface area contributed by atoms with E-state index in [0.29, 0.717) is 16.0 Å². The van der Waals surface area contributed by atoms with Crippen molar-refractivity contribution in [3.63, 3.8) is 0 Å². The molecule has 2 aromatic rings. The summed E-state index contributed by atoms with van der Waals surface area (Å²) in [7, 11) is 0. The van der Waals surface area contributed by atoms with Crippen LogP contribution in [0.5, 0.6) is 0 Å². The molecule has 1 amide bonds. The fourth-order valence-electron chi connectivity index (χ4n) is 3.97. The van der Waals surface area contributed by atoms with Gasteiger partial charge in [-0.15, -0.1) is 0 Å². The van der Waals surface area contributed by atoms with Crippen LogP contribution < -0.4 is 5.32 Å². The normalized spacial score (nSPS) is 15.5. The summed E-state index contributed by atoms with van der Waals surface area (Å²) in [5.41, 5.74) is 3.87. The highest BCUT2D eigenvalue weighted by Crippen LogP contribution is 2.25. The van der Waals surface area contributed by atoms with Crippen molar-refractivity contribution in [3.8, 4) is 0 Å². The average Bonchev–Trinajstić information content (AvgIpc) is 2.74. The molecule has 1 saturated heterocycles. The molecular formula is C25H32Cl2N2O. The van der Waals surface area contributed by atoms with Crippen LogP contribution >= 0.6 is 23.2 Å². The van der Waals surface area contributed by atoms with E-state index in [-0.39, 0.29) is 11.8 Å². The summed E-state index contributed by atoms with van der Waals surface area (Å²) in [5, 5.41) is 4.32. The Morgan fingerprint density at radius 1 is 1.03 bits per heavy atom. The summed E-state index contributed by atoms with van der Waals surface area (Å²) >= 11 is 12.1. The van der Waals surface area contributed by atoms with E-state index in [1.807, 2.05) is 18.2 Å². The topological polar surface area (TPSA) is 32.3 Å². The molecule has 0 unspecified atom stereocenters. The van der Waals surface area contributed by atoms with Crippen LogP contribution in [0.15, 0.2) is 42.5 Å². The number of piperidine rings is 1. The number of likely N-dealkylation sites (tertiary alicyclic amines) is 1. The third-order valence-corrected chi connectivity index (χ3v) is 6.68. The first kappa shape index (κ1) is 23.1. The van der Waals surface area contributed by atoms with Gasteiger partial charge >= 0.3 is 0 Å². The molecule has 1 N–H and O–H groups in total. The molecule has 1 aliphatic rings. The van der Waals surface area contributed by atoms with E-state index in [1.165, 1.54) is 11.1 Å². The quantitative estimate of drug-likeness (QED) is 0.498. The molecule has 3 rings (SSSR count). The standard InChI is InChI=1S/C25H32Cl2N2O/c1-18(2)21-8-5-19(6-9-21)4-3-13-28-25(30)22-11-14-29(15-12-22)17-20-7-10-23(26)24(27)16-20/h5-10,16,18,22H,3-4,11-15,17H2,1-2H3,(H,28,30). The Hall–Kier alpha value is -1.55. The van der Waals surface area contributed by atoms with Crippen LogP contribution in [0, 0.1) is 5.92 Å². The van der Waals surface area contributed by atoms with E-state index in [1.54, 1.807) is 0 Å². The van der Waals surface area contributed by atoms with Gasteiger partial charge in [0.05, 0.1) is 10.0 Å². The van der Waals surface area contributed by atoms with Crippen LogP contribution in [-0.2, 0) is 17.8 Å². The van der Waals surface area contributed by atoms with Crippen molar-refractivity contribution in [2.75, 3.05) is 19.6 Å². The number of aryl methyl sites for hydroxylation is 1. The van der Waals surface area contributed by atoms with Gasteiger partial charge in [-0.25, -0.2) is 0 Å². The predicted octanol–water partition coefficient (Wildman–Crippen LogP) is 6.08. The Labute approximate surface area is 190 Å². The number of halogens is 2.